The number of rotatable bonds is 8. The largest absolute Gasteiger partial charge is 0.339 e. The molecule has 1 aliphatic heterocycles. The van der Waals surface area contributed by atoms with Gasteiger partial charge in [-0.3, -0.25) is 0 Å². The monoisotopic (exact) mass is 280 g/mol. The highest BCUT2D eigenvalue weighted by Crippen LogP contribution is 2.14. The predicted molar refractivity (Wildman–Crippen MR) is 79.4 cm³/mol. The summed E-state index contributed by atoms with van der Waals surface area (Å²) >= 11 is 0. The number of nitrogens with two attached hydrogens (primary N) is 1. The minimum atomic E-state index is -0.124. The minimum absolute atomic E-state index is 0.124. The third-order valence-corrected chi connectivity index (χ3v) is 3.96. The summed E-state index contributed by atoms with van der Waals surface area (Å²) in [5.74, 6) is 1.41. The van der Waals surface area contributed by atoms with E-state index in [-0.39, 0.29) is 6.04 Å². The number of unbranched alkanes of at least 4 members (excludes halogenated alkanes) is 3. The molecular weight excluding hydrogens is 252 g/mol. The van der Waals surface area contributed by atoms with Gasteiger partial charge in [0.15, 0.2) is 5.82 Å². The van der Waals surface area contributed by atoms with E-state index in [0.717, 1.165) is 38.4 Å². The molecule has 0 bridgehead atoms. The highest BCUT2D eigenvalue weighted by atomic mass is 16.5. The Kier molecular flexibility index (Phi) is 6.47. The van der Waals surface area contributed by atoms with Crippen LogP contribution in [0, 0.1) is 0 Å². The van der Waals surface area contributed by atoms with Gasteiger partial charge < -0.3 is 15.2 Å². The lowest BCUT2D eigenvalue weighted by molar-refractivity contribution is 0.213. The lowest BCUT2D eigenvalue weighted by Crippen LogP contribution is -2.36. The summed E-state index contributed by atoms with van der Waals surface area (Å²) in [5.41, 5.74) is 6.19. The van der Waals surface area contributed by atoms with E-state index in [1.807, 2.05) is 0 Å². The summed E-state index contributed by atoms with van der Waals surface area (Å²) in [4.78, 5) is 6.85. The number of likely N-dealkylation sites (tertiary alicyclic amines) is 1. The number of nitrogens with zero attached hydrogens (tertiary/aromatic N) is 3. The van der Waals surface area contributed by atoms with Gasteiger partial charge in [0, 0.05) is 13.0 Å². The number of hydrogen-bond donors (Lipinski definition) is 1. The Morgan fingerprint density at radius 3 is 2.75 bits per heavy atom. The fourth-order valence-electron chi connectivity index (χ4n) is 2.72. The van der Waals surface area contributed by atoms with E-state index in [1.54, 1.807) is 0 Å². The van der Waals surface area contributed by atoms with Crippen molar-refractivity contribution in [3.8, 4) is 0 Å². The molecule has 1 unspecified atom stereocenters. The number of aromatic nitrogens is 2. The molecule has 0 amide bonds. The number of hydrogen-bond acceptors (Lipinski definition) is 5. The molecular formula is C15H28N4O. The smallest absolute Gasteiger partial charge is 0.226 e. The Hall–Kier alpha value is -0.940. The molecule has 0 saturated carbocycles. The molecule has 1 aliphatic rings. The van der Waals surface area contributed by atoms with Crippen LogP contribution in [0.1, 0.15) is 69.6 Å². The molecule has 1 fully saturated rings. The van der Waals surface area contributed by atoms with Crippen molar-refractivity contribution in [3.05, 3.63) is 11.7 Å². The van der Waals surface area contributed by atoms with Crippen LogP contribution < -0.4 is 5.73 Å². The van der Waals surface area contributed by atoms with Crippen molar-refractivity contribution in [2.75, 3.05) is 19.6 Å². The SMILES string of the molecule is CCCCCCc1nc(C(N)CN2CCCCC2)no1. The molecule has 1 aromatic rings. The maximum absolute atomic E-state index is 6.19. The van der Waals surface area contributed by atoms with E-state index in [0.29, 0.717) is 5.82 Å². The molecule has 5 heteroatoms. The van der Waals surface area contributed by atoms with Gasteiger partial charge in [-0.05, 0) is 32.4 Å². The van der Waals surface area contributed by atoms with Gasteiger partial charge >= 0.3 is 0 Å². The standard InChI is InChI=1S/C15H28N4O/c1-2-3-4-6-9-14-17-15(18-20-14)13(16)12-19-10-7-5-8-11-19/h13H,2-12,16H2,1H3. The molecule has 114 valence electrons. The second-order valence-corrected chi connectivity index (χ2v) is 5.82. The zero-order valence-electron chi connectivity index (χ0n) is 12.7. The van der Waals surface area contributed by atoms with Crippen LogP contribution in [0.4, 0.5) is 0 Å². The van der Waals surface area contributed by atoms with E-state index >= 15 is 0 Å². The van der Waals surface area contributed by atoms with Crippen LogP contribution in [0.2, 0.25) is 0 Å². The Balaban J connectivity index is 1.75. The zero-order chi connectivity index (χ0) is 14.2. The molecule has 2 N–H and O–H groups in total. The normalized spacial score (nSPS) is 18.3. The van der Waals surface area contributed by atoms with Gasteiger partial charge in [-0.25, -0.2) is 0 Å². The van der Waals surface area contributed by atoms with Gasteiger partial charge in [-0.1, -0.05) is 37.8 Å². The van der Waals surface area contributed by atoms with Crippen molar-refractivity contribution in [1.82, 2.24) is 15.0 Å². The average molecular weight is 280 g/mol. The summed E-state index contributed by atoms with van der Waals surface area (Å²) in [6.45, 7) is 5.35. The molecule has 1 saturated heterocycles. The third kappa shape index (κ3) is 4.87. The minimum Gasteiger partial charge on any atom is -0.339 e. The van der Waals surface area contributed by atoms with Gasteiger partial charge in [-0.2, -0.15) is 4.98 Å². The van der Waals surface area contributed by atoms with Crippen molar-refractivity contribution in [3.63, 3.8) is 0 Å². The lowest BCUT2D eigenvalue weighted by atomic mass is 10.1. The first kappa shape index (κ1) is 15.4. The van der Waals surface area contributed by atoms with Gasteiger partial charge in [0.1, 0.15) is 0 Å². The number of piperidine rings is 1. The van der Waals surface area contributed by atoms with E-state index < -0.39 is 0 Å². The molecule has 0 radical (unpaired) electrons. The van der Waals surface area contributed by atoms with Crippen molar-refractivity contribution in [2.24, 2.45) is 5.73 Å². The Morgan fingerprint density at radius 1 is 1.20 bits per heavy atom. The Morgan fingerprint density at radius 2 is 2.00 bits per heavy atom. The van der Waals surface area contributed by atoms with Crippen LogP contribution in [0.3, 0.4) is 0 Å². The maximum atomic E-state index is 6.19. The Labute approximate surface area is 121 Å². The van der Waals surface area contributed by atoms with Crippen LogP contribution >= 0.6 is 0 Å². The molecule has 5 nitrogen and oxygen atoms in total. The average Bonchev–Trinajstić information content (AvgIpc) is 2.94. The third-order valence-electron chi connectivity index (χ3n) is 3.96. The first-order valence-corrected chi connectivity index (χ1v) is 8.10. The fourth-order valence-corrected chi connectivity index (χ4v) is 2.72. The summed E-state index contributed by atoms with van der Waals surface area (Å²) in [7, 11) is 0. The number of aryl methyl sites for hydroxylation is 1. The zero-order valence-corrected chi connectivity index (χ0v) is 12.7. The topological polar surface area (TPSA) is 68.2 Å². The van der Waals surface area contributed by atoms with Crippen molar-refractivity contribution in [2.45, 2.75) is 64.3 Å². The summed E-state index contributed by atoms with van der Waals surface area (Å²) in [5, 5.41) is 4.04. The van der Waals surface area contributed by atoms with E-state index in [2.05, 4.69) is 22.0 Å². The highest BCUT2D eigenvalue weighted by Gasteiger charge is 2.19. The van der Waals surface area contributed by atoms with Crippen LogP contribution in [-0.4, -0.2) is 34.7 Å². The van der Waals surface area contributed by atoms with Crippen LogP contribution in [-0.2, 0) is 6.42 Å². The summed E-state index contributed by atoms with van der Waals surface area (Å²) in [6.07, 6.45) is 9.65. The van der Waals surface area contributed by atoms with Crippen LogP contribution in [0.25, 0.3) is 0 Å². The van der Waals surface area contributed by atoms with Crippen molar-refractivity contribution >= 4 is 0 Å². The summed E-state index contributed by atoms with van der Waals surface area (Å²) < 4.78 is 5.30. The van der Waals surface area contributed by atoms with Crippen LogP contribution in [0.15, 0.2) is 4.52 Å². The first-order chi connectivity index (χ1) is 9.79. The molecule has 0 aromatic carbocycles. The highest BCUT2D eigenvalue weighted by molar-refractivity contribution is 4.94. The first-order valence-electron chi connectivity index (χ1n) is 8.10. The second-order valence-electron chi connectivity index (χ2n) is 5.82. The fraction of sp³-hybridized carbons (Fsp3) is 0.867. The van der Waals surface area contributed by atoms with Crippen LogP contribution in [0.5, 0.6) is 0 Å². The van der Waals surface area contributed by atoms with E-state index in [1.165, 1.54) is 38.5 Å². The van der Waals surface area contributed by atoms with Gasteiger partial charge in [0.2, 0.25) is 5.89 Å². The van der Waals surface area contributed by atoms with Crippen molar-refractivity contribution < 1.29 is 4.52 Å². The summed E-state index contributed by atoms with van der Waals surface area (Å²) in [6, 6.07) is -0.124. The molecule has 20 heavy (non-hydrogen) atoms. The molecule has 1 aromatic heterocycles. The molecule has 0 aliphatic carbocycles. The van der Waals surface area contributed by atoms with Crippen molar-refractivity contribution in [1.29, 1.82) is 0 Å². The molecule has 1 atom stereocenters. The van der Waals surface area contributed by atoms with E-state index in [4.69, 9.17) is 10.3 Å². The lowest BCUT2D eigenvalue weighted by Gasteiger charge is -2.27. The second kappa shape index (κ2) is 8.37. The van der Waals surface area contributed by atoms with Gasteiger partial charge in [-0.15, -0.1) is 0 Å². The maximum Gasteiger partial charge on any atom is 0.226 e. The predicted octanol–water partition coefficient (Wildman–Crippen LogP) is 2.68. The molecule has 2 heterocycles. The van der Waals surface area contributed by atoms with Gasteiger partial charge in [0.05, 0.1) is 6.04 Å². The molecule has 0 spiro atoms. The Bertz CT molecular complexity index is 374. The van der Waals surface area contributed by atoms with Gasteiger partial charge in [0.25, 0.3) is 0 Å². The van der Waals surface area contributed by atoms with E-state index in [9.17, 15) is 0 Å². The molecule has 2 rings (SSSR count). The quantitative estimate of drug-likeness (QED) is 0.741.